The van der Waals surface area contributed by atoms with E-state index >= 15 is 0 Å². The molecule has 0 unspecified atom stereocenters. The Morgan fingerprint density at radius 3 is 2.75 bits per heavy atom. The fourth-order valence-electron chi connectivity index (χ4n) is 2.71. The Balaban J connectivity index is 1.81. The maximum absolute atomic E-state index is 13.8. The van der Waals surface area contributed by atoms with E-state index in [2.05, 4.69) is 5.32 Å². The molecule has 0 aliphatic carbocycles. The predicted molar refractivity (Wildman–Crippen MR) is 93.9 cm³/mol. The molecule has 1 fully saturated rings. The predicted octanol–water partition coefficient (Wildman–Crippen LogP) is 2.80. The van der Waals surface area contributed by atoms with Crippen LogP contribution in [0.25, 0.3) is 0 Å². The molecular formula is C16H17FN2O3S2. The molecule has 3 rings (SSSR count). The standard InChI is InChI=1S/C16H17FN2O3S2/c17-14-5-1-2-6-15(14)18-16(23)19(10-13-4-3-8-22-13)12-7-9-24(20,21)11-12/h1-6,8,12H,7,9-11H2,(H,18,23)/t12-/m0/s1. The van der Waals surface area contributed by atoms with Gasteiger partial charge >= 0.3 is 0 Å². The average Bonchev–Trinajstić information content (AvgIpc) is 3.16. The number of halogens is 1. The highest BCUT2D eigenvalue weighted by Gasteiger charge is 2.34. The Morgan fingerprint density at radius 1 is 1.33 bits per heavy atom. The number of thiocarbonyl (C=S) groups is 1. The van der Waals surface area contributed by atoms with Gasteiger partial charge in [-0.3, -0.25) is 0 Å². The first-order valence-electron chi connectivity index (χ1n) is 7.49. The fraction of sp³-hybridized carbons (Fsp3) is 0.312. The molecule has 2 aromatic rings. The minimum absolute atomic E-state index is 0.0345. The molecule has 24 heavy (non-hydrogen) atoms. The van der Waals surface area contributed by atoms with E-state index < -0.39 is 15.7 Å². The van der Waals surface area contributed by atoms with Gasteiger partial charge in [0.15, 0.2) is 14.9 Å². The van der Waals surface area contributed by atoms with E-state index in [0.29, 0.717) is 18.7 Å². The van der Waals surface area contributed by atoms with Gasteiger partial charge in [0, 0.05) is 6.04 Å². The van der Waals surface area contributed by atoms with Crippen LogP contribution in [0, 0.1) is 5.82 Å². The summed E-state index contributed by atoms with van der Waals surface area (Å²) < 4.78 is 42.8. The van der Waals surface area contributed by atoms with Crippen LogP contribution in [0.15, 0.2) is 47.1 Å². The summed E-state index contributed by atoms with van der Waals surface area (Å²) in [5.74, 6) is 0.412. The third kappa shape index (κ3) is 3.93. The maximum atomic E-state index is 13.8. The van der Waals surface area contributed by atoms with Gasteiger partial charge in [0.1, 0.15) is 11.6 Å². The van der Waals surface area contributed by atoms with Crippen molar-refractivity contribution in [3.05, 3.63) is 54.2 Å². The van der Waals surface area contributed by atoms with Gasteiger partial charge in [-0.15, -0.1) is 0 Å². The normalized spacial score (nSPS) is 19.1. The summed E-state index contributed by atoms with van der Waals surface area (Å²) in [6.07, 6.45) is 2.04. The van der Waals surface area contributed by atoms with Gasteiger partial charge in [-0.25, -0.2) is 12.8 Å². The Kier molecular flexibility index (Phi) is 4.86. The summed E-state index contributed by atoms with van der Waals surface area (Å²) in [6, 6.07) is 9.50. The zero-order chi connectivity index (χ0) is 17.2. The molecule has 0 spiro atoms. The second-order valence-electron chi connectivity index (χ2n) is 5.67. The minimum atomic E-state index is -3.07. The summed E-state index contributed by atoms with van der Waals surface area (Å²) in [5, 5.41) is 3.15. The van der Waals surface area contributed by atoms with E-state index in [1.165, 1.54) is 6.07 Å². The number of nitrogens with one attached hydrogen (secondary N) is 1. The molecule has 1 atom stereocenters. The minimum Gasteiger partial charge on any atom is -0.467 e. The molecule has 5 nitrogen and oxygen atoms in total. The molecular weight excluding hydrogens is 351 g/mol. The Bertz CT molecular complexity index is 822. The number of anilines is 1. The Morgan fingerprint density at radius 2 is 2.12 bits per heavy atom. The molecule has 128 valence electrons. The van der Waals surface area contributed by atoms with Crippen LogP contribution in [0.4, 0.5) is 10.1 Å². The van der Waals surface area contributed by atoms with Gasteiger partial charge in [0.2, 0.25) is 0 Å². The lowest BCUT2D eigenvalue weighted by atomic mass is 10.2. The van der Waals surface area contributed by atoms with E-state index in [9.17, 15) is 12.8 Å². The van der Waals surface area contributed by atoms with E-state index in [4.69, 9.17) is 16.6 Å². The molecule has 0 radical (unpaired) electrons. The summed E-state index contributed by atoms with van der Waals surface area (Å²) in [7, 11) is -3.07. The van der Waals surface area contributed by atoms with E-state index in [1.807, 2.05) is 0 Å². The molecule has 1 saturated heterocycles. The SMILES string of the molecule is O=S1(=O)CC[C@H](N(Cc2ccco2)C(=S)Nc2ccccc2F)C1. The molecule has 0 amide bonds. The van der Waals surface area contributed by atoms with Crippen LogP contribution in [0.2, 0.25) is 0 Å². The number of furan rings is 1. The van der Waals surface area contributed by atoms with Gasteiger partial charge < -0.3 is 14.6 Å². The number of rotatable bonds is 4. The van der Waals surface area contributed by atoms with Gasteiger partial charge in [0.25, 0.3) is 0 Å². The van der Waals surface area contributed by atoms with Gasteiger partial charge in [-0.05, 0) is 42.9 Å². The van der Waals surface area contributed by atoms with Crippen molar-refractivity contribution < 1.29 is 17.2 Å². The van der Waals surface area contributed by atoms with Crippen LogP contribution in [-0.4, -0.2) is 36.0 Å². The molecule has 0 bridgehead atoms. The number of hydrogen-bond acceptors (Lipinski definition) is 4. The first-order valence-corrected chi connectivity index (χ1v) is 9.72. The fourth-order valence-corrected chi connectivity index (χ4v) is 4.76. The Labute approximate surface area is 145 Å². The van der Waals surface area contributed by atoms with Gasteiger partial charge in [-0.2, -0.15) is 0 Å². The molecule has 1 aromatic carbocycles. The largest absolute Gasteiger partial charge is 0.467 e. The van der Waals surface area contributed by atoms with Crippen LogP contribution in [0.3, 0.4) is 0 Å². The van der Waals surface area contributed by atoms with Crippen molar-refractivity contribution in [2.24, 2.45) is 0 Å². The summed E-state index contributed by atoms with van der Waals surface area (Å²) in [6.45, 7) is 0.327. The summed E-state index contributed by atoms with van der Waals surface area (Å²) in [4.78, 5) is 1.76. The van der Waals surface area contributed by atoms with E-state index in [-0.39, 0.29) is 28.3 Å². The van der Waals surface area contributed by atoms with E-state index in [0.717, 1.165) is 0 Å². The third-order valence-corrected chi connectivity index (χ3v) is 6.02. The van der Waals surface area contributed by atoms with Crippen molar-refractivity contribution >= 4 is 32.9 Å². The summed E-state index contributed by atoms with van der Waals surface area (Å²) in [5.41, 5.74) is 0.257. The smallest absolute Gasteiger partial charge is 0.174 e. The van der Waals surface area contributed by atoms with Crippen molar-refractivity contribution in [1.82, 2.24) is 4.90 Å². The molecule has 1 aromatic heterocycles. The highest BCUT2D eigenvalue weighted by Crippen LogP contribution is 2.22. The highest BCUT2D eigenvalue weighted by atomic mass is 32.2. The molecule has 0 saturated carbocycles. The van der Waals surface area contributed by atoms with Crippen molar-refractivity contribution in [2.45, 2.75) is 19.0 Å². The topological polar surface area (TPSA) is 62.6 Å². The van der Waals surface area contributed by atoms with Crippen LogP contribution in [-0.2, 0) is 16.4 Å². The zero-order valence-electron chi connectivity index (χ0n) is 12.8. The van der Waals surface area contributed by atoms with Crippen molar-refractivity contribution in [3.8, 4) is 0 Å². The van der Waals surface area contributed by atoms with Crippen molar-refractivity contribution in [1.29, 1.82) is 0 Å². The Hall–Kier alpha value is -1.93. The second kappa shape index (κ2) is 6.90. The van der Waals surface area contributed by atoms with Crippen LogP contribution < -0.4 is 5.32 Å². The summed E-state index contributed by atoms with van der Waals surface area (Å²) >= 11 is 5.41. The number of para-hydroxylation sites is 1. The second-order valence-corrected chi connectivity index (χ2v) is 8.29. The molecule has 2 heterocycles. The van der Waals surface area contributed by atoms with Crippen LogP contribution in [0.5, 0.6) is 0 Å². The van der Waals surface area contributed by atoms with Crippen molar-refractivity contribution in [3.63, 3.8) is 0 Å². The third-order valence-electron chi connectivity index (χ3n) is 3.93. The van der Waals surface area contributed by atoms with Crippen LogP contribution in [0.1, 0.15) is 12.2 Å². The average molecular weight is 368 g/mol. The van der Waals surface area contributed by atoms with Crippen molar-refractivity contribution in [2.75, 3.05) is 16.8 Å². The molecule has 8 heteroatoms. The lowest BCUT2D eigenvalue weighted by Gasteiger charge is -2.30. The van der Waals surface area contributed by atoms with Crippen LogP contribution >= 0.6 is 12.2 Å². The van der Waals surface area contributed by atoms with Gasteiger partial charge in [0.05, 0.1) is 30.0 Å². The van der Waals surface area contributed by atoms with E-state index in [1.54, 1.807) is 41.5 Å². The first kappa shape index (κ1) is 16.9. The lowest BCUT2D eigenvalue weighted by molar-refractivity contribution is 0.302. The molecule has 1 aliphatic rings. The quantitative estimate of drug-likeness (QED) is 0.838. The number of benzene rings is 1. The number of hydrogen-bond donors (Lipinski definition) is 1. The number of nitrogens with zero attached hydrogens (tertiary/aromatic N) is 1. The van der Waals surface area contributed by atoms with Gasteiger partial charge in [-0.1, -0.05) is 12.1 Å². The number of sulfone groups is 1. The molecule has 1 aliphatic heterocycles. The first-order chi connectivity index (χ1) is 11.4. The highest BCUT2D eigenvalue weighted by molar-refractivity contribution is 7.91. The monoisotopic (exact) mass is 368 g/mol. The maximum Gasteiger partial charge on any atom is 0.174 e. The molecule has 1 N–H and O–H groups in total. The zero-order valence-corrected chi connectivity index (χ0v) is 14.4. The lowest BCUT2D eigenvalue weighted by Crippen LogP contribution is -2.43.